The molecule has 3 heterocycles. The van der Waals surface area contributed by atoms with Crippen molar-refractivity contribution in [3.8, 4) is 5.75 Å². The van der Waals surface area contributed by atoms with Gasteiger partial charge in [-0.15, -0.1) is 11.3 Å². The molecule has 0 amide bonds. The second-order valence-electron chi connectivity index (χ2n) is 7.73. The molecule has 0 saturated heterocycles. The summed E-state index contributed by atoms with van der Waals surface area (Å²) in [7, 11) is 0. The molecule has 1 aromatic carbocycles. The molecule has 0 N–H and O–H groups in total. The Hall–Kier alpha value is -2.04. The molecule has 0 fully saturated rings. The number of hydrogen-bond donors (Lipinski definition) is 0. The highest BCUT2D eigenvalue weighted by Crippen LogP contribution is 2.33. The van der Waals surface area contributed by atoms with E-state index in [1.54, 1.807) is 31.4 Å². The third kappa shape index (κ3) is 6.01. The maximum atomic E-state index is 13.7. The Kier molecular flexibility index (Phi) is 9.24. The van der Waals surface area contributed by atoms with Gasteiger partial charge >= 0.3 is 11.9 Å². The minimum atomic E-state index is -0.601. The van der Waals surface area contributed by atoms with Crippen LogP contribution in [0, 0.1) is 7.14 Å². The van der Waals surface area contributed by atoms with Crippen molar-refractivity contribution in [2.24, 2.45) is 4.99 Å². The normalized spacial score (nSPS) is 15.3. The zero-order valence-electron chi connectivity index (χ0n) is 20.1. The summed E-state index contributed by atoms with van der Waals surface area (Å²) in [5.74, 6) is -0.323. The van der Waals surface area contributed by atoms with E-state index >= 15 is 0 Å². The second kappa shape index (κ2) is 12.2. The number of carbonyl (C=O) groups is 2. The summed E-state index contributed by atoms with van der Waals surface area (Å²) in [4.78, 5) is 44.2. The molecule has 8 nitrogen and oxygen atoms in total. The second-order valence-corrected chi connectivity index (χ2v) is 12.0. The van der Waals surface area contributed by atoms with Gasteiger partial charge in [-0.1, -0.05) is 17.4 Å². The number of rotatable bonds is 8. The summed E-state index contributed by atoms with van der Waals surface area (Å²) in [5, 5.41) is 1.92. The molecule has 37 heavy (non-hydrogen) atoms. The van der Waals surface area contributed by atoms with Crippen LogP contribution in [-0.2, 0) is 19.1 Å². The van der Waals surface area contributed by atoms with E-state index in [2.05, 4.69) is 50.2 Å². The largest absolute Gasteiger partial charge is 0.480 e. The topological polar surface area (TPSA) is 96.2 Å². The van der Waals surface area contributed by atoms with Gasteiger partial charge in [0.15, 0.2) is 11.4 Å². The molecule has 0 spiro atoms. The van der Waals surface area contributed by atoms with Gasteiger partial charge in [0.1, 0.15) is 11.8 Å². The average Bonchev–Trinajstić information content (AvgIpc) is 3.47. The number of aromatic nitrogens is 1. The number of thiophene rings is 1. The van der Waals surface area contributed by atoms with Gasteiger partial charge in [-0.3, -0.25) is 9.36 Å². The number of esters is 2. The summed E-state index contributed by atoms with van der Waals surface area (Å²) in [6.07, 6.45) is 1.80. The van der Waals surface area contributed by atoms with E-state index in [1.807, 2.05) is 29.6 Å². The number of halogens is 2. The molecule has 12 heteroatoms. The van der Waals surface area contributed by atoms with Crippen LogP contribution in [0.15, 0.2) is 50.7 Å². The highest BCUT2D eigenvalue weighted by atomic mass is 127. The zero-order valence-corrected chi connectivity index (χ0v) is 26.0. The van der Waals surface area contributed by atoms with Crippen molar-refractivity contribution in [1.29, 1.82) is 0 Å². The molecule has 1 aliphatic rings. The number of hydrogen-bond acceptors (Lipinski definition) is 9. The maximum absolute atomic E-state index is 13.7. The van der Waals surface area contributed by atoms with E-state index in [0.717, 1.165) is 17.6 Å². The van der Waals surface area contributed by atoms with Crippen molar-refractivity contribution >= 4 is 85.9 Å². The molecule has 3 aromatic rings. The lowest BCUT2D eigenvalue weighted by Crippen LogP contribution is -2.39. The predicted molar refractivity (Wildman–Crippen MR) is 159 cm³/mol. The summed E-state index contributed by atoms with van der Waals surface area (Å²) in [6.45, 7) is 5.60. The lowest BCUT2D eigenvalue weighted by Gasteiger charge is -2.23. The first-order valence-electron chi connectivity index (χ1n) is 11.3. The minimum absolute atomic E-state index is 0.178. The van der Waals surface area contributed by atoms with Crippen molar-refractivity contribution in [3.63, 3.8) is 0 Å². The minimum Gasteiger partial charge on any atom is -0.480 e. The quantitative estimate of drug-likeness (QED) is 0.255. The molecule has 194 valence electrons. The molecule has 1 atom stereocenters. The van der Waals surface area contributed by atoms with Gasteiger partial charge in [0.2, 0.25) is 0 Å². The van der Waals surface area contributed by atoms with E-state index in [4.69, 9.17) is 14.2 Å². The van der Waals surface area contributed by atoms with Crippen LogP contribution < -0.4 is 19.6 Å². The number of nitrogens with zero attached hydrogens (tertiary/aromatic N) is 2. The fourth-order valence-electron chi connectivity index (χ4n) is 3.79. The monoisotopic (exact) mass is 764 g/mol. The number of fused-ring (bicyclic) bond motifs is 1. The Balaban J connectivity index is 1.77. The highest BCUT2D eigenvalue weighted by Gasteiger charge is 2.33. The fourth-order valence-corrected chi connectivity index (χ4v) is 7.79. The van der Waals surface area contributed by atoms with Crippen molar-refractivity contribution in [2.45, 2.75) is 26.8 Å². The van der Waals surface area contributed by atoms with Crippen LogP contribution in [0.25, 0.3) is 6.08 Å². The van der Waals surface area contributed by atoms with E-state index < -0.39 is 18.0 Å². The molecule has 0 bridgehead atoms. The van der Waals surface area contributed by atoms with Gasteiger partial charge in [-0.2, -0.15) is 0 Å². The third-order valence-corrected chi connectivity index (χ3v) is 8.80. The van der Waals surface area contributed by atoms with Gasteiger partial charge in [0.05, 0.1) is 36.2 Å². The molecule has 1 aliphatic heterocycles. The van der Waals surface area contributed by atoms with Crippen LogP contribution >= 0.6 is 67.9 Å². The number of thiazole rings is 1. The van der Waals surface area contributed by atoms with Crippen LogP contribution in [0.2, 0.25) is 0 Å². The van der Waals surface area contributed by atoms with Gasteiger partial charge in [0, 0.05) is 4.88 Å². The number of benzene rings is 1. The number of carbonyl (C=O) groups excluding carboxylic acids is 2. The van der Waals surface area contributed by atoms with E-state index in [1.165, 1.54) is 22.7 Å². The molecule has 0 saturated carbocycles. The SMILES string of the molecule is CCOC(=O)COc1c(I)cc(/C=c2\sc3n(c2=O)[C@H](c2cccs2)C(C(=O)OCC)=C(C)N=3)cc1I. The number of allylic oxidation sites excluding steroid dienone is 1. The van der Waals surface area contributed by atoms with Crippen molar-refractivity contribution in [2.75, 3.05) is 19.8 Å². The molecule has 2 aromatic heterocycles. The number of ether oxygens (including phenoxy) is 3. The van der Waals surface area contributed by atoms with Crippen molar-refractivity contribution in [1.82, 2.24) is 4.57 Å². The summed E-state index contributed by atoms with van der Waals surface area (Å²) in [6, 6.07) is 6.96. The molecule has 4 rings (SSSR count). The van der Waals surface area contributed by atoms with E-state index in [-0.39, 0.29) is 18.8 Å². The van der Waals surface area contributed by atoms with Gasteiger partial charge < -0.3 is 14.2 Å². The first-order chi connectivity index (χ1) is 17.7. The Morgan fingerprint density at radius 3 is 2.49 bits per heavy atom. The Bertz CT molecular complexity index is 1530. The molecular formula is C25H22I2N2O6S2. The van der Waals surface area contributed by atoms with Crippen LogP contribution in [0.1, 0.15) is 37.3 Å². The van der Waals surface area contributed by atoms with Crippen LogP contribution in [0.5, 0.6) is 5.75 Å². The smallest absolute Gasteiger partial charge is 0.344 e. The summed E-state index contributed by atoms with van der Waals surface area (Å²) in [5.41, 5.74) is 1.48. The Morgan fingerprint density at radius 2 is 1.86 bits per heavy atom. The third-order valence-electron chi connectivity index (χ3n) is 5.29. The van der Waals surface area contributed by atoms with Crippen molar-refractivity contribution in [3.05, 3.63) is 78.2 Å². The zero-order chi connectivity index (χ0) is 26.7. The van der Waals surface area contributed by atoms with E-state index in [0.29, 0.717) is 33.0 Å². The first-order valence-corrected chi connectivity index (χ1v) is 15.1. The summed E-state index contributed by atoms with van der Waals surface area (Å²) >= 11 is 7.03. The van der Waals surface area contributed by atoms with E-state index in [9.17, 15) is 14.4 Å². The van der Waals surface area contributed by atoms with Crippen LogP contribution in [0.4, 0.5) is 0 Å². The first kappa shape index (κ1) is 28.0. The van der Waals surface area contributed by atoms with Crippen LogP contribution in [-0.4, -0.2) is 36.3 Å². The van der Waals surface area contributed by atoms with Crippen LogP contribution in [0.3, 0.4) is 0 Å². The van der Waals surface area contributed by atoms with Crippen molar-refractivity contribution < 1.29 is 23.8 Å². The Labute approximate surface area is 247 Å². The molecule has 0 aliphatic carbocycles. The summed E-state index contributed by atoms with van der Waals surface area (Å²) < 4.78 is 19.6. The highest BCUT2D eigenvalue weighted by molar-refractivity contribution is 14.1. The Morgan fingerprint density at radius 1 is 1.16 bits per heavy atom. The maximum Gasteiger partial charge on any atom is 0.344 e. The average molecular weight is 764 g/mol. The van der Waals surface area contributed by atoms with Gasteiger partial charge in [0.25, 0.3) is 5.56 Å². The lowest BCUT2D eigenvalue weighted by atomic mass is 10.0. The molecule has 0 unspecified atom stereocenters. The fraction of sp³-hybridized carbons (Fsp3) is 0.280. The molecular weight excluding hydrogens is 742 g/mol. The van der Waals surface area contributed by atoms with Gasteiger partial charge in [-0.25, -0.2) is 14.6 Å². The lowest BCUT2D eigenvalue weighted by molar-refractivity contribution is -0.145. The van der Waals surface area contributed by atoms with Gasteiger partial charge in [-0.05, 0) is 101 Å². The predicted octanol–water partition coefficient (Wildman–Crippen LogP) is 4.01. The molecule has 0 radical (unpaired) electrons. The standard InChI is InChI=1S/C25H22I2N2O6S2/c1-4-33-19(30)12-35-22-15(26)9-14(10-16(22)27)11-18-23(31)29-21(17-7-6-8-36-17)20(24(32)34-5-2)13(3)28-25(29)37-18/h6-11,21H,4-5,12H2,1-3H3/b18-11-/t21-/m1/s1.